The normalized spacial score (nSPS) is 24.5. The van der Waals surface area contributed by atoms with Crippen molar-refractivity contribution in [1.82, 2.24) is 10.2 Å². The summed E-state index contributed by atoms with van der Waals surface area (Å²) in [5, 5.41) is 2.83. The molecule has 1 saturated carbocycles. The van der Waals surface area contributed by atoms with E-state index in [-0.39, 0.29) is 18.2 Å². The second kappa shape index (κ2) is 4.93. The van der Waals surface area contributed by atoms with Gasteiger partial charge in [-0.3, -0.25) is 4.90 Å². The largest absolute Gasteiger partial charge is 0.444 e. The Balaban J connectivity index is 1.73. The zero-order chi connectivity index (χ0) is 14.3. The van der Waals surface area contributed by atoms with Crippen LogP contribution >= 0.6 is 0 Å². The summed E-state index contributed by atoms with van der Waals surface area (Å²) in [5.74, 6) is 0. The standard InChI is InChI=1S/C14H25FN2O2/c1-5-11(14(15)6-7-14)17-8-10(9-17)16-12(18)19-13(2,3)4/h10-11H,5-9H2,1-4H3,(H,16,18). The maximum absolute atomic E-state index is 14.1. The molecular formula is C14H25FN2O2. The maximum atomic E-state index is 14.1. The Hall–Kier alpha value is -0.840. The Kier molecular flexibility index (Phi) is 3.78. The molecule has 1 aliphatic carbocycles. The Morgan fingerprint density at radius 2 is 2.05 bits per heavy atom. The molecule has 0 aromatic carbocycles. The number of halogens is 1. The first kappa shape index (κ1) is 14.6. The highest BCUT2D eigenvalue weighted by Gasteiger charge is 2.53. The Morgan fingerprint density at radius 1 is 1.47 bits per heavy atom. The number of nitrogens with zero attached hydrogens (tertiary/aromatic N) is 1. The number of likely N-dealkylation sites (tertiary alicyclic amines) is 1. The van der Waals surface area contributed by atoms with Crippen LogP contribution in [0.3, 0.4) is 0 Å². The van der Waals surface area contributed by atoms with E-state index in [0.717, 1.165) is 19.5 Å². The van der Waals surface area contributed by atoms with Gasteiger partial charge in [-0.15, -0.1) is 0 Å². The molecule has 1 aliphatic heterocycles. The van der Waals surface area contributed by atoms with E-state index in [1.165, 1.54) is 0 Å². The zero-order valence-electron chi connectivity index (χ0n) is 12.3. The highest BCUT2D eigenvalue weighted by atomic mass is 19.1. The first-order valence-corrected chi connectivity index (χ1v) is 7.16. The van der Waals surface area contributed by atoms with Gasteiger partial charge in [0.1, 0.15) is 11.3 Å². The van der Waals surface area contributed by atoms with Gasteiger partial charge in [0.05, 0.1) is 6.04 Å². The van der Waals surface area contributed by atoms with E-state index in [1.807, 2.05) is 27.7 Å². The van der Waals surface area contributed by atoms with Gasteiger partial charge in [-0.05, 0) is 40.0 Å². The van der Waals surface area contributed by atoms with Crippen molar-refractivity contribution in [2.24, 2.45) is 0 Å². The number of rotatable bonds is 4. The Bertz CT molecular complexity index is 344. The van der Waals surface area contributed by atoms with Crippen molar-refractivity contribution in [1.29, 1.82) is 0 Å². The van der Waals surface area contributed by atoms with Crippen molar-refractivity contribution in [2.45, 2.75) is 70.3 Å². The Morgan fingerprint density at radius 3 is 2.47 bits per heavy atom. The van der Waals surface area contributed by atoms with Gasteiger partial charge in [0.25, 0.3) is 0 Å². The first-order valence-electron chi connectivity index (χ1n) is 7.16. The van der Waals surface area contributed by atoms with E-state index in [9.17, 15) is 9.18 Å². The molecule has 5 heteroatoms. The molecule has 110 valence electrons. The number of ether oxygens (including phenoxy) is 1. The van der Waals surface area contributed by atoms with Crippen LogP contribution < -0.4 is 5.32 Å². The summed E-state index contributed by atoms with van der Waals surface area (Å²) in [6, 6.07) is 0.107. The van der Waals surface area contributed by atoms with Gasteiger partial charge in [-0.1, -0.05) is 6.92 Å². The topological polar surface area (TPSA) is 41.6 Å². The molecule has 0 radical (unpaired) electrons. The predicted octanol–water partition coefficient (Wildman–Crippen LogP) is 2.48. The lowest BCUT2D eigenvalue weighted by Crippen LogP contribution is -2.64. The Labute approximate surface area is 114 Å². The van der Waals surface area contributed by atoms with E-state index in [4.69, 9.17) is 4.74 Å². The first-order chi connectivity index (χ1) is 8.73. The van der Waals surface area contributed by atoms with Gasteiger partial charge >= 0.3 is 6.09 Å². The highest BCUT2D eigenvalue weighted by Crippen LogP contribution is 2.46. The van der Waals surface area contributed by atoms with Crippen LogP contribution in [0.15, 0.2) is 0 Å². The second-order valence-corrected chi connectivity index (χ2v) is 6.76. The molecule has 2 rings (SSSR count). The molecule has 2 fully saturated rings. The lowest BCUT2D eigenvalue weighted by molar-refractivity contribution is 0.00830. The average molecular weight is 272 g/mol. The van der Waals surface area contributed by atoms with Crippen LogP contribution in [0.25, 0.3) is 0 Å². The molecular weight excluding hydrogens is 247 g/mol. The van der Waals surface area contributed by atoms with E-state index in [1.54, 1.807) is 0 Å². The number of hydrogen-bond donors (Lipinski definition) is 1. The van der Waals surface area contributed by atoms with E-state index >= 15 is 0 Å². The summed E-state index contributed by atoms with van der Waals surface area (Å²) in [7, 11) is 0. The number of amides is 1. The summed E-state index contributed by atoms with van der Waals surface area (Å²) in [4.78, 5) is 13.7. The zero-order valence-corrected chi connectivity index (χ0v) is 12.3. The fraction of sp³-hybridized carbons (Fsp3) is 0.929. The number of hydrogen-bond acceptors (Lipinski definition) is 3. The van der Waals surface area contributed by atoms with Crippen LogP contribution in [0.1, 0.15) is 47.0 Å². The summed E-state index contributed by atoms with van der Waals surface area (Å²) < 4.78 is 19.3. The van der Waals surface area contributed by atoms with Crippen LogP contribution in [-0.2, 0) is 4.74 Å². The molecule has 2 aliphatic rings. The molecule has 1 atom stereocenters. The monoisotopic (exact) mass is 272 g/mol. The second-order valence-electron chi connectivity index (χ2n) is 6.76. The third-order valence-corrected chi connectivity index (χ3v) is 3.78. The van der Waals surface area contributed by atoms with Crippen LogP contribution in [-0.4, -0.2) is 47.4 Å². The van der Waals surface area contributed by atoms with Gasteiger partial charge in [-0.2, -0.15) is 0 Å². The summed E-state index contributed by atoms with van der Waals surface area (Å²) >= 11 is 0. The third kappa shape index (κ3) is 3.59. The predicted molar refractivity (Wildman–Crippen MR) is 71.9 cm³/mol. The molecule has 0 spiro atoms. The van der Waals surface area contributed by atoms with Crippen LogP contribution in [0.5, 0.6) is 0 Å². The molecule has 0 aromatic heterocycles. The molecule has 0 bridgehead atoms. The van der Waals surface area contributed by atoms with Crippen molar-refractivity contribution < 1.29 is 13.9 Å². The number of carbonyl (C=O) groups excluding carboxylic acids is 1. The summed E-state index contributed by atoms with van der Waals surface area (Å²) in [6.45, 7) is 9.00. The summed E-state index contributed by atoms with van der Waals surface area (Å²) in [6.07, 6.45) is 1.82. The summed E-state index contributed by atoms with van der Waals surface area (Å²) in [5.41, 5.74) is -1.44. The SMILES string of the molecule is CCC(N1CC(NC(=O)OC(C)(C)C)C1)C1(F)CC1. The molecule has 1 heterocycles. The molecule has 4 nitrogen and oxygen atoms in total. The molecule has 1 amide bonds. The maximum Gasteiger partial charge on any atom is 0.407 e. The van der Waals surface area contributed by atoms with Crippen LogP contribution in [0.2, 0.25) is 0 Å². The van der Waals surface area contributed by atoms with Crippen molar-refractivity contribution in [3.05, 3.63) is 0 Å². The van der Waals surface area contributed by atoms with Gasteiger partial charge in [0.2, 0.25) is 0 Å². The van der Waals surface area contributed by atoms with E-state index in [0.29, 0.717) is 12.8 Å². The van der Waals surface area contributed by atoms with Crippen LogP contribution in [0, 0.1) is 0 Å². The van der Waals surface area contributed by atoms with Crippen molar-refractivity contribution in [2.75, 3.05) is 13.1 Å². The minimum absolute atomic E-state index is 0.0178. The fourth-order valence-corrected chi connectivity index (χ4v) is 2.74. The lowest BCUT2D eigenvalue weighted by atomic mass is 9.99. The van der Waals surface area contributed by atoms with Crippen molar-refractivity contribution in [3.8, 4) is 0 Å². The van der Waals surface area contributed by atoms with Gasteiger partial charge in [0, 0.05) is 19.1 Å². The van der Waals surface area contributed by atoms with Gasteiger partial charge in [0.15, 0.2) is 0 Å². The highest BCUT2D eigenvalue weighted by molar-refractivity contribution is 5.68. The molecule has 1 saturated heterocycles. The average Bonchev–Trinajstić information content (AvgIpc) is 2.91. The van der Waals surface area contributed by atoms with E-state index in [2.05, 4.69) is 10.2 Å². The number of alkyl carbamates (subject to hydrolysis) is 1. The molecule has 1 N–H and O–H groups in total. The number of carbonyl (C=O) groups is 1. The number of nitrogens with one attached hydrogen (secondary N) is 1. The smallest absolute Gasteiger partial charge is 0.407 e. The van der Waals surface area contributed by atoms with Gasteiger partial charge < -0.3 is 10.1 Å². The van der Waals surface area contributed by atoms with Gasteiger partial charge in [-0.25, -0.2) is 9.18 Å². The third-order valence-electron chi connectivity index (χ3n) is 3.78. The number of alkyl halides is 1. The lowest BCUT2D eigenvalue weighted by Gasteiger charge is -2.45. The quantitative estimate of drug-likeness (QED) is 0.855. The van der Waals surface area contributed by atoms with E-state index < -0.39 is 11.3 Å². The molecule has 1 unspecified atom stereocenters. The van der Waals surface area contributed by atoms with Crippen molar-refractivity contribution in [3.63, 3.8) is 0 Å². The minimum atomic E-state index is -0.967. The van der Waals surface area contributed by atoms with Crippen molar-refractivity contribution >= 4 is 6.09 Å². The molecule has 19 heavy (non-hydrogen) atoms. The van der Waals surface area contributed by atoms with Crippen LogP contribution in [0.4, 0.5) is 9.18 Å². The molecule has 0 aromatic rings. The minimum Gasteiger partial charge on any atom is -0.444 e. The fourth-order valence-electron chi connectivity index (χ4n) is 2.74.